The monoisotopic (exact) mass is 431 g/mol. The van der Waals surface area contributed by atoms with E-state index in [0.29, 0.717) is 39.3 Å². The van der Waals surface area contributed by atoms with Crippen molar-refractivity contribution in [2.75, 3.05) is 40.4 Å². The standard InChI is InChI=1S/C23H33N3O3S/c1-5-29-15-9-14-25(23(28)24(3)4)18-22(27)26(16-20-10-7-6-8-11-20)17-21-13-12-19(2)30-21/h6-8,10-13H,5,9,14-18H2,1-4H3. The highest BCUT2D eigenvalue weighted by Crippen LogP contribution is 2.19. The maximum absolute atomic E-state index is 13.3. The van der Waals surface area contributed by atoms with Crippen LogP contribution in [-0.4, -0.2) is 67.0 Å². The van der Waals surface area contributed by atoms with Crippen molar-refractivity contribution in [1.82, 2.24) is 14.7 Å². The van der Waals surface area contributed by atoms with Gasteiger partial charge in [-0.15, -0.1) is 11.3 Å². The lowest BCUT2D eigenvalue weighted by molar-refractivity contribution is -0.133. The molecule has 6 nitrogen and oxygen atoms in total. The number of carbonyl (C=O) groups is 2. The van der Waals surface area contributed by atoms with Crippen LogP contribution in [0.1, 0.15) is 28.7 Å². The normalized spacial score (nSPS) is 10.7. The molecule has 164 valence electrons. The van der Waals surface area contributed by atoms with E-state index in [1.807, 2.05) is 42.2 Å². The average molecular weight is 432 g/mol. The zero-order chi connectivity index (χ0) is 21.9. The summed E-state index contributed by atoms with van der Waals surface area (Å²) in [7, 11) is 3.41. The average Bonchev–Trinajstić information content (AvgIpc) is 3.14. The predicted octanol–water partition coefficient (Wildman–Crippen LogP) is 4.00. The van der Waals surface area contributed by atoms with Gasteiger partial charge in [-0.1, -0.05) is 30.3 Å². The van der Waals surface area contributed by atoms with E-state index in [1.54, 1.807) is 30.3 Å². The van der Waals surface area contributed by atoms with Crippen molar-refractivity contribution in [3.8, 4) is 0 Å². The third-order valence-electron chi connectivity index (χ3n) is 4.61. The molecule has 0 aliphatic rings. The fourth-order valence-electron chi connectivity index (χ4n) is 3.08. The Kier molecular flexibility index (Phi) is 9.83. The summed E-state index contributed by atoms with van der Waals surface area (Å²) >= 11 is 1.69. The summed E-state index contributed by atoms with van der Waals surface area (Å²) in [5, 5.41) is 0. The van der Waals surface area contributed by atoms with Gasteiger partial charge in [0.15, 0.2) is 0 Å². The first-order valence-electron chi connectivity index (χ1n) is 10.3. The van der Waals surface area contributed by atoms with Gasteiger partial charge in [-0.2, -0.15) is 0 Å². The molecule has 0 saturated carbocycles. The number of thiophene rings is 1. The second kappa shape index (κ2) is 12.3. The van der Waals surface area contributed by atoms with Crippen molar-refractivity contribution in [3.63, 3.8) is 0 Å². The van der Waals surface area contributed by atoms with Crippen LogP contribution in [0.25, 0.3) is 0 Å². The minimum absolute atomic E-state index is 0.0559. The molecule has 2 aromatic rings. The molecule has 0 aliphatic heterocycles. The Bertz CT molecular complexity index is 792. The van der Waals surface area contributed by atoms with E-state index >= 15 is 0 Å². The smallest absolute Gasteiger partial charge is 0.319 e. The van der Waals surface area contributed by atoms with Gasteiger partial charge < -0.3 is 19.4 Å². The van der Waals surface area contributed by atoms with Gasteiger partial charge in [0.1, 0.15) is 6.54 Å². The highest BCUT2D eigenvalue weighted by atomic mass is 32.1. The Morgan fingerprint density at radius 2 is 1.73 bits per heavy atom. The molecule has 0 radical (unpaired) electrons. The molecule has 2 rings (SSSR count). The lowest BCUT2D eigenvalue weighted by Crippen LogP contribution is -2.46. The van der Waals surface area contributed by atoms with Crippen molar-refractivity contribution in [2.24, 2.45) is 0 Å². The van der Waals surface area contributed by atoms with Gasteiger partial charge in [0.2, 0.25) is 5.91 Å². The quantitative estimate of drug-likeness (QED) is 0.506. The van der Waals surface area contributed by atoms with E-state index in [9.17, 15) is 9.59 Å². The van der Waals surface area contributed by atoms with Crippen molar-refractivity contribution in [1.29, 1.82) is 0 Å². The second-order valence-electron chi connectivity index (χ2n) is 7.40. The van der Waals surface area contributed by atoms with Gasteiger partial charge in [-0.05, 0) is 38.0 Å². The second-order valence-corrected chi connectivity index (χ2v) is 8.77. The summed E-state index contributed by atoms with van der Waals surface area (Å²) in [5.41, 5.74) is 1.07. The Balaban J connectivity index is 2.12. The van der Waals surface area contributed by atoms with Crippen molar-refractivity contribution >= 4 is 23.3 Å². The maximum atomic E-state index is 13.3. The molecular formula is C23H33N3O3S. The molecule has 1 heterocycles. The number of hydrogen-bond acceptors (Lipinski definition) is 4. The first-order valence-corrected chi connectivity index (χ1v) is 11.1. The molecule has 7 heteroatoms. The van der Waals surface area contributed by atoms with Crippen molar-refractivity contribution in [3.05, 3.63) is 57.8 Å². The van der Waals surface area contributed by atoms with E-state index in [1.165, 1.54) is 9.78 Å². The summed E-state index contributed by atoms with van der Waals surface area (Å²) in [6, 6.07) is 13.9. The van der Waals surface area contributed by atoms with Crippen molar-refractivity contribution < 1.29 is 14.3 Å². The molecule has 0 N–H and O–H groups in total. The number of aryl methyl sites for hydroxylation is 1. The molecule has 0 aliphatic carbocycles. The number of amides is 3. The first kappa shape index (κ1) is 23.9. The lowest BCUT2D eigenvalue weighted by Gasteiger charge is -2.29. The highest BCUT2D eigenvalue weighted by molar-refractivity contribution is 7.11. The molecule has 3 amide bonds. The molecule has 0 bridgehead atoms. The van der Waals surface area contributed by atoms with E-state index in [0.717, 1.165) is 10.4 Å². The molecular weight excluding hydrogens is 398 g/mol. The summed E-state index contributed by atoms with van der Waals surface area (Å²) in [5.74, 6) is -0.0588. The van der Waals surface area contributed by atoms with Crippen LogP contribution in [0.3, 0.4) is 0 Å². The van der Waals surface area contributed by atoms with Crippen LogP contribution in [0.15, 0.2) is 42.5 Å². The lowest BCUT2D eigenvalue weighted by atomic mass is 10.2. The van der Waals surface area contributed by atoms with E-state index in [-0.39, 0.29) is 18.5 Å². The molecule has 30 heavy (non-hydrogen) atoms. The zero-order valence-corrected chi connectivity index (χ0v) is 19.3. The predicted molar refractivity (Wildman–Crippen MR) is 122 cm³/mol. The number of benzene rings is 1. The number of carbonyl (C=O) groups excluding carboxylic acids is 2. The minimum Gasteiger partial charge on any atom is -0.382 e. The van der Waals surface area contributed by atoms with Gasteiger partial charge in [-0.25, -0.2) is 4.79 Å². The third-order valence-corrected chi connectivity index (χ3v) is 5.60. The number of hydrogen-bond donors (Lipinski definition) is 0. The zero-order valence-electron chi connectivity index (χ0n) is 18.5. The summed E-state index contributed by atoms with van der Waals surface area (Å²) in [6.07, 6.45) is 0.698. The largest absolute Gasteiger partial charge is 0.382 e. The van der Waals surface area contributed by atoms with Crippen LogP contribution in [0, 0.1) is 6.92 Å². The molecule has 0 atom stereocenters. The Hall–Kier alpha value is -2.38. The summed E-state index contributed by atoms with van der Waals surface area (Å²) in [4.78, 5) is 33.2. The van der Waals surface area contributed by atoms with Gasteiger partial charge in [0, 0.05) is 50.2 Å². The fraction of sp³-hybridized carbons (Fsp3) is 0.478. The third kappa shape index (κ3) is 7.80. The Labute approximate surface area is 184 Å². The molecule has 0 fully saturated rings. The van der Waals surface area contributed by atoms with Crippen LogP contribution in [0.5, 0.6) is 0 Å². The first-order chi connectivity index (χ1) is 14.4. The van der Waals surface area contributed by atoms with Crippen LogP contribution < -0.4 is 0 Å². The minimum atomic E-state index is -0.161. The Morgan fingerprint density at radius 3 is 2.33 bits per heavy atom. The van der Waals surface area contributed by atoms with Gasteiger partial charge >= 0.3 is 6.03 Å². The number of nitrogens with zero attached hydrogens (tertiary/aromatic N) is 3. The van der Waals surface area contributed by atoms with Gasteiger partial charge in [0.25, 0.3) is 0 Å². The van der Waals surface area contributed by atoms with Gasteiger partial charge in [-0.3, -0.25) is 4.79 Å². The van der Waals surface area contributed by atoms with Crippen LogP contribution in [0.4, 0.5) is 4.79 Å². The van der Waals surface area contributed by atoms with Crippen LogP contribution in [0.2, 0.25) is 0 Å². The van der Waals surface area contributed by atoms with Crippen LogP contribution >= 0.6 is 11.3 Å². The number of rotatable bonds is 11. The molecule has 0 saturated heterocycles. The summed E-state index contributed by atoms with van der Waals surface area (Å²) in [6.45, 7) is 6.82. The molecule has 0 spiro atoms. The van der Waals surface area contributed by atoms with Gasteiger partial charge in [0.05, 0.1) is 6.54 Å². The molecule has 0 unspecified atom stereocenters. The molecule has 1 aromatic heterocycles. The topological polar surface area (TPSA) is 53.1 Å². The summed E-state index contributed by atoms with van der Waals surface area (Å²) < 4.78 is 5.39. The van der Waals surface area contributed by atoms with E-state index < -0.39 is 0 Å². The van der Waals surface area contributed by atoms with E-state index in [4.69, 9.17) is 4.74 Å². The number of urea groups is 1. The van der Waals surface area contributed by atoms with E-state index in [2.05, 4.69) is 19.1 Å². The molecule has 1 aromatic carbocycles. The SMILES string of the molecule is CCOCCCN(CC(=O)N(Cc1ccccc1)Cc1ccc(C)s1)C(=O)N(C)C. The van der Waals surface area contributed by atoms with Crippen molar-refractivity contribution in [2.45, 2.75) is 33.4 Å². The van der Waals surface area contributed by atoms with Crippen LogP contribution in [-0.2, 0) is 22.6 Å². The highest BCUT2D eigenvalue weighted by Gasteiger charge is 2.23. The fourth-order valence-corrected chi connectivity index (χ4v) is 3.99. The number of ether oxygens (including phenoxy) is 1. The maximum Gasteiger partial charge on any atom is 0.319 e. The Morgan fingerprint density at radius 1 is 1.00 bits per heavy atom.